The summed E-state index contributed by atoms with van der Waals surface area (Å²) in [7, 11) is 0. The van der Waals surface area contributed by atoms with Crippen LogP contribution in [0.3, 0.4) is 0 Å². The Morgan fingerprint density at radius 2 is 1.55 bits per heavy atom. The van der Waals surface area contributed by atoms with Gasteiger partial charge in [-0.1, -0.05) is 0 Å². The van der Waals surface area contributed by atoms with Crippen molar-refractivity contribution in [2.24, 2.45) is 0 Å². The van der Waals surface area contributed by atoms with Gasteiger partial charge in [-0.05, 0) is 0 Å². The number of hydrogen-bond acceptors (Lipinski definition) is 3. The molecule has 0 aliphatic rings. The van der Waals surface area contributed by atoms with Crippen LogP contribution in [0, 0.1) is 0 Å². The molecule has 0 saturated heterocycles. The molecular weight excluding hydrogens is 368 g/mol. The first-order valence-electron chi connectivity index (χ1n) is 5.99. The zero-order chi connectivity index (χ0) is 14.5. The Morgan fingerprint density at radius 3 is 2.05 bits per heavy atom. The van der Waals surface area contributed by atoms with E-state index in [-0.39, 0.29) is 5.75 Å². The second kappa shape index (κ2) is 6.60. The molecule has 0 heterocycles. The second-order valence-electron chi connectivity index (χ2n) is 4.24. The van der Waals surface area contributed by atoms with Gasteiger partial charge in [0, 0.05) is 0 Å². The number of hydrogen-bond donors (Lipinski definition) is 1. The Morgan fingerprint density at radius 1 is 1.05 bits per heavy atom. The summed E-state index contributed by atoms with van der Waals surface area (Å²) < 4.78 is 7.61. The molecule has 2 aromatic rings. The summed E-state index contributed by atoms with van der Waals surface area (Å²) in [4.78, 5) is 11.4. The molecule has 20 heavy (non-hydrogen) atoms. The first-order valence-corrected chi connectivity index (χ1v) is 8.32. The van der Waals surface area contributed by atoms with Crippen molar-refractivity contribution in [1.82, 2.24) is 0 Å². The molecule has 4 heteroatoms. The molecule has 3 nitrogen and oxygen atoms in total. The molecule has 0 spiro atoms. The van der Waals surface area contributed by atoms with Crippen molar-refractivity contribution in [3.63, 3.8) is 0 Å². The van der Waals surface area contributed by atoms with Crippen LogP contribution in [0.25, 0.3) is 0 Å². The molecule has 0 aromatic heterocycles. The maximum atomic E-state index is 11.4. The van der Waals surface area contributed by atoms with Crippen molar-refractivity contribution in [2.45, 2.75) is 6.92 Å². The Balaban J connectivity index is 2.03. The monoisotopic (exact) mass is 384 g/mol. The van der Waals surface area contributed by atoms with E-state index in [2.05, 4.69) is 6.58 Å². The minimum absolute atomic E-state index is 0.281. The second-order valence-corrected chi connectivity index (χ2v) is 7.51. The molecule has 102 valence electrons. The predicted octanol–water partition coefficient (Wildman–Crippen LogP) is 1.53. The van der Waals surface area contributed by atoms with Gasteiger partial charge in [-0.2, -0.15) is 0 Å². The predicted molar refractivity (Wildman–Crippen MR) is 80.0 cm³/mol. The van der Waals surface area contributed by atoms with Gasteiger partial charge in [-0.25, -0.2) is 0 Å². The van der Waals surface area contributed by atoms with Gasteiger partial charge in [0.1, 0.15) is 0 Å². The van der Waals surface area contributed by atoms with Gasteiger partial charge in [0.25, 0.3) is 0 Å². The van der Waals surface area contributed by atoms with E-state index in [1.165, 1.54) is 7.22 Å². The number of aromatic hydroxyl groups is 1. The Kier molecular flexibility index (Phi) is 4.84. The number of rotatable bonds is 4. The number of ether oxygens (including phenoxy) is 1. The first-order chi connectivity index (χ1) is 9.54. The number of phenols is 1. The molecule has 0 fully saturated rings. The third kappa shape index (κ3) is 4.12. The summed E-state index contributed by atoms with van der Waals surface area (Å²) in [6, 6.07) is 14.8. The molecule has 2 aromatic carbocycles. The van der Waals surface area contributed by atoms with E-state index in [1.54, 1.807) is 31.2 Å². The molecule has 0 aliphatic carbocycles. The Hall–Kier alpha value is -1.76. The van der Waals surface area contributed by atoms with Crippen molar-refractivity contribution in [2.75, 3.05) is 0 Å². The van der Waals surface area contributed by atoms with Gasteiger partial charge in [-0.15, -0.1) is 0 Å². The zero-order valence-corrected chi connectivity index (χ0v) is 13.3. The van der Waals surface area contributed by atoms with E-state index in [9.17, 15) is 9.90 Å². The average molecular weight is 382 g/mol. The summed E-state index contributed by atoms with van der Waals surface area (Å²) in [5, 5.41) is 9.25. The van der Waals surface area contributed by atoms with Gasteiger partial charge in [-0.3, -0.25) is 0 Å². The van der Waals surface area contributed by atoms with E-state index in [1.807, 2.05) is 24.3 Å². The molecule has 0 unspecified atom stereocenters. The molecule has 0 radical (unpaired) electrons. The molecule has 1 N–H and O–H groups in total. The fourth-order valence-corrected chi connectivity index (χ4v) is 3.75. The summed E-state index contributed by atoms with van der Waals surface area (Å²) in [5.74, 6) is 0.399. The van der Waals surface area contributed by atoms with Crippen LogP contribution in [0.1, 0.15) is 6.92 Å². The number of phenolic OH excluding ortho intramolecular Hbond substituents is 1. The quantitative estimate of drug-likeness (QED) is 0.378. The van der Waals surface area contributed by atoms with Crippen LogP contribution in [-0.4, -0.2) is 32.0 Å². The fraction of sp³-hybridized carbons (Fsp3) is 0.0625. The number of carbonyl (C=O) groups excluding carboxylic acids is 1. The van der Waals surface area contributed by atoms with E-state index in [4.69, 9.17) is 4.74 Å². The third-order valence-corrected chi connectivity index (χ3v) is 5.35. The SMILES string of the molecule is C=C(C)C(=O)Oc1ccc([Te]c2ccc(O)cc2)cc1. The van der Waals surface area contributed by atoms with Gasteiger partial charge in [0.15, 0.2) is 0 Å². The number of carbonyl (C=O) groups is 1. The fourth-order valence-electron chi connectivity index (χ4n) is 1.42. The van der Waals surface area contributed by atoms with Crippen LogP contribution in [-0.2, 0) is 4.79 Å². The van der Waals surface area contributed by atoms with E-state index < -0.39 is 26.9 Å². The summed E-state index contributed by atoms with van der Waals surface area (Å²) in [6.07, 6.45) is 0. The van der Waals surface area contributed by atoms with E-state index in [0.29, 0.717) is 11.3 Å². The number of esters is 1. The van der Waals surface area contributed by atoms with Crippen LogP contribution in [0.15, 0.2) is 60.7 Å². The van der Waals surface area contributed by atoms with Crippen LogP contribution >= 0.6 is 0 Å². The summed E-state index contributed by atoms with van der Waals surface area (Å²) >= 11 is -0.492. The van der Waals surface area contributed by atoms with Crippen molar-refractivity contribution in [3.05, 3.63) is 60.7 Å². The van der Waals surface area contributed by atoms with Gasteiger partial charge in [0.2, 0.25) is 0 Å². The van der Waals surface area contributed by atoms with Crippen molar-refractivity contribution < 1.29 is 14.6 Å². The van der Waals surface area contributed by atoms with Crippen molar-refractivity contribution >= 4 is 34.1 Å². The molecule has 0 atom stereocenters. The van der Waals surface area contributed by atoms with Gasteiger partial charge < -0.3 is 0 Å². The number of benzene rings is 2. The van der Waals surface area contributed by atoms with Crippen LogP contribution in [0.4, 0.5) is 0 Å². The summed E-state index contributed by atoms with van der Waals surface area (Å²) in [5.41, 5.74) is 0.381. The van der Waals surface area contributed by atoms with Crippen LogP contribution in [0.2, 0.25) is 0 Å². The van der Waals surface area contributed by atoms with E-state index in [0.717, 1.165) is 0 Å². The minimum atomic E-state index is -0.492. The van der Waals surface area contributed by atoms with Crippen LogP contribution in [0.5, 0.6) is 11.5 Å². The standard InChI is InChI=1S/C16H14O3Te/c1-11(2)16(18)19-13-5-9-15(10-6-13)20-14-7-3-12(17)4-8-14/h3-10,17H,1H2,2H3. The maximum absolute atomic E-state index is 11.4. The molecule has 0 aliphatic heterocycles. The summed E-state index contributed by atoms with van der Waals surface area (Å²) in [6.45, 7) is 5.16. The zero-order valence-electron chi connectivity index (χ0n) is 11.0. The van der Waals surface area contributed by atoms with Crippen molar-refractivity contribution in [1.29, 1.82) is 0 Å². The topological polar surface area (TPSA) is 46.5 Å². The Bertz CT molecular complexity index is 615. The van der Waals surface area contributed by atoms with Crippen molar-refractivity contribution in [3.8, 4) is 11.5 Å². The molecule has 0 saturated carbocycles. The molecular formula is C16H14O3Te. The van der Waals surface area contributed by atoms with Crippen LogP contribution < -0.4 is 12.0 Å². The molecule has 0 amide bonds. The normalized spacial score (nSPS) is 10.1. The van der Waals surface area contributed by atoms with Gasteiger partial charge >= 0.3 is 128 Å². The van der Waals surface area contributed by atoms with Gasteiger partial charge in [0.05, 0.1) is 0 Å². The first kappa shape index (κ1) is 14.6. The third-order valence-electron chi connectivity index (χ3n) is 2.46. The van der Waals surface area contributed by atoms with E-state index >= 15 is 0 Å². The Labute approximate surface area is 128 Å². The average Bonchev–Trinajstić information content (AvgIpc) is 2.43. The molecule has 0 bridgehead atoms. The molecule has 2 rings (SSSR count).